The molecule has 1 saturated carbocycles. The van der Waals surface area contributed by atoms with E-state index >= 15 is 0 Å². The van der Waals surface area contributed by atoms with Crippen LogP contribution in [0.4, 0.5) is 11.5 Å². The van der Waals surface area contributed by atoms with Gasteiger partial charge in [-0.2, -0.15) is 5.10 Å². The number of anilines is 2. The lowest BCUT2D eigenvalue weighted by atomic mass is 9.52. The molecule has 2 aliphatic heterocycles. The Morgan fingerprint density at radius 2 is 1.76 bits per heavy atom. The van der Waals surface area contributed by atoms with Crippen LogP contribution in [0.1, 0.15) is 42.8 Å². The number of amides is 4. The van der Waals surface area contributed by atoms with Gasteiger partial charge >= 0.3 is 0 Å². The van der Waals surface area contributed by atoms with Gasteiger partial charge in [0.15, 0.2) is 0 Å². The number of hydrogen-bond donors (Lipinski definition) is 1. The Labute approximate surface area is 301 Å². The highest BCUT2D eigenvalue weighted by Gasteiger charge is 2.68. The van der Waals surface area contributed by atoms with Gasteiger partial charge in [0, 0.05) is 22.8 Å². The van der Waals surface area contributed by atoms with Gasteiger partial charge in [0.25, 0.3) is 0 Å². The minimum Gasteiger partial charge on any atom is -0.463 e. The van der Waals surface area contributed by atoms with Crippen molar-refractivity contribution >= 4 is 68.2 Å². The molecule has 10 nitrogen and oxygen atoms in total. The zero-order chi connectivity index (χ0) is 35.5. The highest BCUT2D eigenvalue weighted by molar-refractivity contribution is 7.22. The van der Waals surface area contributed by atoms with Crippen molar-refractivity contribution in [2.24, 2.45) is 36.1 Å². The molecule has 0 bridgehead atoms. The maximum atomic E-state index is 14.9. The standard InChI is InChI=1S/C39H33ClN4O6S/c1-19-25-15-20(40)9-14-30(25)51-34(19)28-17-31(42(3)41-28)44-36(47)27-16-26-23(33(39(27,2)38(44)49)29-13-10-22(18-45)50-29)11-12-24-32(26)37(48)43(35(24)46)21-7-5-4-6-8-21/h4-11,13-15,17,24,26-27,32-33,45H,12,16,18H2,1-3H3/t24-,26+,27-,32-,33+,39+/m0/s1. The maximum Gasteiger partial charge on any atom is 0.242 e. The first kappa shape index (κ1) is 32.1. The Hall–Kier alpha value is -4.84. The number of nitrogens with zero attached hydrogens (tertiary/aromatic N) is 4. The van der Waals surface area contributed by atoms with Crippen LogP contribution in [0.3, 0.4) is 0 Å². The molecule has 51 heavy (non-hydrogen) atoms. The van der Waals surface area contributed by atoms with Crippen molar-refractivity contribution in [3.63, 3.8) is 0 Å². The summed E-state index contributed by atoms with van der Waals surface area (Å²) in [6.45, 7) is 3.48. The van der Waals surface area contributed by atoms with E-state index in [0.29, 0.717) is 40.2 Å². The maximum absolute atomic E-state index is 14.9. The number of aryl methyl sites for hydroxylation is 2. The molecule has 0 unspecified atom stereocenters. The smallest absolute Gasteiger partial charge is 0.242 e. The third-order valence-corrected chi connectivity index (χ3v) is 13.2. The number of furan rings is 1. The minimum atomic E-state index is -1.28. The normalized spacial score (nSPS) is 27.3. The summed E-state index contributed by atoms with van der Waals surface area (Å²) in [5.41, 5.74) is 1.69. The predicted molar refractivity (Wildman–Crippen MR) is 192 cm³/mol. The molecule has 2 saturated heterocycles. The lowest BCUT2D eigenvalue weighted by Gasteiger charge is -2.48. The van der Waals surface area contributed by atoms with E-state index in [0.717, 1.165) is 26.1 Å². The van der Waals surface area contributed by atoms with Crippen LogP contribution in [0, 0.1) is 36.0 Å². The molecule has 2 aliphatic carbocycles. The summed E-state index contributed by atoms with van der Waals surface area (Å²) in [6, 6.07) is 19.8. The molecule has 12 heteroatoms. The second-order valence-corrected chi connectivity index (χ2v) is 15.7. The van der Waals surface area contributed by atoms with Crippen LogP contribution in [-0.4, -0.2) is 38.5 Å². The van der Waals surface area contributed by atoms with Gasteiger partial charge in [-0.1, -0.05) is 41.4 Å². The lowest BCUT2D eigenvalue weighted by Crippen LogP contribution is -2.48. The summed E-state index contributed by atoms with van der Waals surface area (Å²) in [5.74, 6) is -3.50. The summed E-state index contributed by atoms with van der Waals surface area (Å²) in [4.78, 5) is 61.1. The van der Waals surface area contributed by atoms with Crippen molar-refractivity contribution in [3.8, 4) is 10.6 Å². The Bertz CT molecular complexity index is 2360. The number of aromatic nitrogens is 2. The van der Waals surface area contributed by atoms with Crippen molar-refractivity contribution in [1.29, 1.82) is 0 Å². The molecule has 9 rings (SSSR count). The average molecular weight is 721 g/mol. The summed E-state index contributed by atoms with van der Waals surface area (Å²) < 4.78 is 8.76. The molecule has 0 radical (unpaired) electrons. The van der Waals surface area contributed by atoms with E-state index in [1.807, 2.05) is 44.2 Å². The first-order valence-corrected chi connectivity index (χ1v) is 18.2. The Kier molecular flexibility index (Phi) is 7.13. The molecule has 4 aliphatic rings. The average Bonchev–Trinajstić information content (AvgIpc) is 3.92. The fraction of sp³-hybridized carbons (Fsp3) is 0.308. The number of thiophene rings is 1. The van der Waals surface area contributed by atoms with Gasteiger partial charge in [0.05, 0.1) is 39.7 Å². The number of imide groups is 2. The summed E-state index contributed by atoms with van der Waals surface area (Å²) in [7, 11) is 1.72. The number of fused-ring (bicyclic) bond motifs is 5. The largest absolute Gasteiger partial charge is 0.463 e. The second-order valence-electron chi connectivity index (χ2n) is 14.2. The van der Waals surface area contributed by atoms with E-state index in [-0.39, 0.29) is 36.7 Å². The fourth-order valence-corrected chi connectivity index (χ4v) is 10.5. The van der Waals surface area contributed by atoms with Gasteiger partial charge in [0.1, 0.15) is 29.6 Å². The van der Waals surface area contributed by atoms with Crippen LogP contribution in [0.25, 0.3) is 20.7 Å². The third-order valence-electron chi connectivity index (χ3n) is 11.6. The molecule has 3 fully saturated rings. The number of para-hydroxylation sites is 1. The monoisotopic (exact) mass is 720 g/mol. The molecule has 0 spiro atoms. The van der Waals surface area contributed by atoms with Gasteiger partial charge in [-0.05, 0) is 86.0 Å². The molecule has 1 N–H and O–H groups in total. The van der Waals surface area contributed by atoms with Crippen LogP contribution in [0.5, 0.6) is 0 Å². The third kappa shape index (κ3) is 4.41. The van der Waals surface area contributed by atoms with Gasteiger partial charge < -0.3 is 9.52 Å². The van der Waals surface area contributed by atoms with Crippen molar-refractivity contribution in [2.75, 3.05) is 9.80 Å². The van der Waals surface area contributed by atoms with Crippen LogP contribution < -0.4 is 9.80 Å². The van der Waals surface area contributed by atoms with Crippen LogP contribution >= 0.6 is 22.9 Å². The summed E-state index contributed by atoms with van der Waals surface area (Å²) in [6.07, 6.45) is 2.53. The Morgan fingerprint density at radius 3 is 2.51 bits per heavy atom. The summed E-state index contributed by atoms with van der Waals surface area (Å²) in [5, 5.41) is 16.3. The van der Waals surface area contributed by atoms with Crippen molar-refractivity contribution in [2.45, 2.75) is 39.2 Å². The number of carbonyl (C=O) groups excluding carboxylic acids is 4. The van der Waals surface area contributed by atoms with E-state index in [1.54, 1.807) is 65.5 Å². The number of benzene rings is 2. The van der Waals surface area contributed by atoms with Crippen molar-refractivity contribution in [1.82, 2.24) is 9.78 Å². The van der Waals surface area contributed by atoms with Gasteiger partial charge in [-0.3, -0.25) is 28.8 Å². The van der Waals surface area contributed by atoms with Crippen LogP contribution in [0.2, 0.25) is 5.02 Å². The summed E-state index contributed by atoms with van der Waals surface area (Å²) >= 11 is 7.87. The molecule has 5 heterocycles. The zero-order valence-corrected chi connectivity index (χ0v) is 29.6. The quantitative estimate of drug-likeness (QED) is 0.157. The number of halogens is 1. The van der Waals surface area contributed by atoms with Crippen LogP contribution in [-0.2, 0) is 32.8 Å². The van der Waals surface area contributed by atoms with E-state index in [1.165, 1.54) is 9.80 Å². The van der Waals surface area contributed by atoms with E-state index in [9.17, 15) is 24.3 Å². The topological polar surface area (TPSA) is 126 Å². The number of aliphatic hydroxyl groups is 1. The first-order chi connectivity index (χ1) is 24.5. The van der Waals surface area contributed by atoms with Gasteiger partial charge in [-0.25, -0.2) is 4.90 Å². The Balaban J connectivity index is 1.14. The van der Waals surface area contributed by atoms with Crippen molar-refractivity contribution < 1.29 is 28.7 Å². The highest BCUT2D eigenvalue weighted by atomic mass is 35.5. The SMILES string of the molecule is Cc1c(-c2cc(N3C(=O)[C@@H]4C[C@@H]5C(=CC[C@@H]6C(=O)N(c7ccccc7)C(=O)[C@@H]65)[C@H](c5ccc(CO)o5)[C@]4(C)C3=O)n(C)n2)sc2ccc(Cl)cc12. The lowest BCUT2D eigenvalue weighted by molar-refractivity contribution is -0.131. The first-order valence-electron chi connectivity index (χ1n) is 17.0. The van der Waals surface area contributed by atoms with Crippen LogP contribution in [0.15, 0.2) is 82.8 Å². The zero-order valence-electron chi connectivity index (χ0n) is 28.0. The number of hydrogen-bond acceptors (Lipinski definition) is 8. The fourth-order valence-electron chi connectivity index (χ4n) is 9.22. The molecule has 2 aromatic carbocycles. The molecule has 4 amide bonds. The van der Waals surface area contributed by atoms with Gasteiger partial charge in [0.2, 0.25) is 23.6 Å². The molecule has 6 atom stereocenters. The Morgan fingerprint density at radius 1 is 0.980 bits per heavy atom. The van der Waals surface area contributed by atoms with Crippen molar-refractivity contribution in [3.05, 3.63) is 100 Å². The molecular formula is C39H33ClN4O6S. The molecular weight excluding hydrogens is 688 g/mol. The highest BCUT2D eigenvalue weighted by Crippen LogP contribution is 2.64. The van der Waals surface area contributed by atoms with E-state index in [4.69, 9.17) is 21.1 Å². The number of carbonyl (C=O) groups is 4. The molecule has 5 aromatic rings. The molecule has 258 valence electrons. The number of allylic oxidation sites excluding steroid dienone is 2. The predicted octanol–water partition coefficient (Wildman–Crippen LogP) is 6.78. The molecule has 3 aromatic heterocycles. The van der Waals surface area contributed by atoms with E-state index < -0.39 is 35.0 Å². The van der Waals surface area contributed by atoms with Gasteiger partial charge in [-0.15, -0.1) is 11.3 Å². The van der Waals surface area contributed by atoms with E-state index in [2.05, 4.69) is 0 Å². The second kappa shape index (κ2) is 11.3. The number of aliphatic hydroxyl groups excluding tert-OH is 1. The minimum absolute atomic E-state index is 0.219. The number of rotatable bonds is 5.